The molecule has 0 bridgehead atoms. The van der Waals surface area contributed by atoms with Gasteiger partial charge in [-0.2, -0.15) is 13.2 Å². The highest BCUT2D eigenvalue weighted by Crippen LogP contribution is 2.51. The van der Waals surface area contributed by atoms with Crippen molar-refractivity contribution in [2.24, 2.45) is 29.6 Å². The second-order valence-corrected chi connectivity index (χ2v) is 12.6. The van der Waals surface area contributed by atoms with Gasteiger partial charge in [0.05, 0.1) is 35.3 Å². The highest BCUT2D eigenvalue weighted by Gasteiger charge is 2.59. The molecule has 6 rings (SSSR count). The second kappa shape index (κ2) is 10.4. The summed E-state index contributed by atoms with van der Waals surface area (Å²) in [5, 5.41) is 5.62. The molecule has 4 aliphatic rings. The van der Waals surface area contributed by atoms with E-state index in [1.165, 1.54) is 0 Å². The molecule has 2 heterocycles. The van der Waals surface area contributed by atoms with Gasteiger partial charge in [0.25, 0.3) is 0 Å². The standard InChI is InChI=1S/C28H32F7N5O2/c29-26(30)6-3-16(4-7-26)23(39-24(42)17-10-18(17)28(33,34)35)20-13-40-8-5-19(36-25(40)37-20)22(15-1-2-15)38-21(41)9-14-11-27(31,32)12-14/h5,8,13-18,22-23H,1-4,6-7,9-12H2,(H,38,41)(H,39,42)/t17-,18-,22+,23-/m0/s1. The largest absolute Gasteiger partial charge is 0.392 e. The van der Waals surface area contributed by atoms with Gasteiger partial charge in [-0.25, -0.2) is 27.5 Å². The number of nitrogens with zero attached hydrogens (tertiary/aromatic N) is 3. The molecule has 2 N–H and O–H groups in total. The molecule has 7 nitrogen and oxygen atoms in total. The van der Waals surface area contributed by atoms with Gasteiger partial charge in [-0.1, -0.05) is 0 Å². The molecule has 0 spiro atoms. The first-order valence-electron chi connectivity index (χ1n) is 14.5. The molecule has 14 heteroatoms. The van der Waals surface area contributed by atoms with Crippen LogP contribution in [0.15, 0.2) is 18.5 Å². The number of aromatic nitrogens is 3. The van der Waals surface area contributed by atoms with Crippen LogP contribution < -0.4 is 10.6 Å². The van der Waals surface area contributed by atoms with E-state index in [0.717, 1.165) is 12.8 Å². The molecule has 2 amide bonds. The van der Waals surface area contributed by atoms with E-state index in [2.05, 4.69) is 20.6 Å². The zero-order valence-electron chi connectivity index (χ0n) is 22.6. The predicted octanol–water partition coefficient (Wildman–Crippen LogP) is 5.91. The molecular weight excluding hydrogens is 571 g/mol. The minimum Gasteiger partial charge on any atom is -0.347 e. The molecule has 4 fully saturated rings. The fourth-order valence-electron chi connectivity index (χ4n) is 6.45. The van der Waals surface area contributed by atoms with Crippen molar-refractivity contribution in [1.29, 1.82) is 0 Å². The van der Waals surface area contributed by atoms with Crippen molar-refractivity contribution in [2.45, 2.75) is 94.3 Å². The smallest absolute Gasteiger partial charge is 0.347 e. The Kier molecular flexibility index (Phi) is 7.19. The molecule has 4 saturated carbocycles. The van der Waals surface area contributed by atoms with Gasteiger partial charge in [0.15, 0.2) is 0 Å². The lowest BCUT2D eigenvalue weighted by Gasteiger charge is -2.34. The van der Waals surface area contributed by atoms with Crippen LogP contribution in [0.25, 0.3) is 5.78 Å². The number of halogens is 7. The van der Waals surface area contributed by atoms with E-state index in [1.54, 1.807) is 22.9 Å². The zero-order valence-corrected chi connectivity index (χ0v) is 22.6. The zero-order chi connectivity index (χ0) is 30.0. The monoisotopic (exact) mass is 603 g/mol. The number of carbonyl (C=O) groups excluding carboxylic acids is 2. The number of alkyl halides is 7. The van der Waals surface area contributed by atoms with Crippen molar-refractivity contribution in [3.05, 3.63) is 29.8 Å². The molecule has 2 aromatic heterocycles. The average molecular weight is 604 g/mol. The summed E-state index contributed by atoms with van der Waals surface area (Å²) >= 11 is 0. The third-order valence-corrected chi connectivity index (χ3v) is 9.14. The number of amides is 2. The van der Waals surface area contributed by atoms with Crippen molar-refractivity contribution in [2.75, 3.05) is 0 Å². The minimum atomic E-state index is -4.48. The van der Waals surface area contributed by atoms with Gasteiger partial charge < -0.3 is 10.6 Å². The van der Waals surface area contributed by atoms with E-state index < -0.39 is 66.6 Å². The molecule has 0 saturated heterocycles. The quantitative estimate of drug-likeness (QED) is 0.349. The summed E-state index contributed by atoms with van der Waals surface area (Å²) in [6.45, 7) is 0. The Balaban J connectivity index is 1.20. The highest BCUT2D eigenvalue weighted by molar-refractivity contribution is 5.82. The van der Waals surface area contributed by atoms with Crippen molar-refractivity contribution in [3.63, 3.8) is 0 Å². The fourth-order valence-corrected chi connectivity index (χ4v) is 6.45. The van der Waals surface area contributed by atoms with E-state index in [1.807, 2.05) is 0 Å². The third kappa shape index (κ3) is 6.36. The van der Waals surface area contributed by atoms with Crippen LogP contribution in [0, 0.1) is 29.6 Å². The lowest BCUT2D eigenvalue weighted by atomic mass is 9.79. The SMILES string of the molecule is O=C(CC1CC(F)(F)C1)N[C@@H](c1ccn2cc([C@@H](NC(=O)[C@H]3C[C@@H]3C(F)(F)F)C3CCC(F)(F)CC3)nc2n1)C1CC1. The summed E-state index contributed by atoms with van der Waals surface area (Å²) in [5.41, 5.74) is 0.837. The van der Waals surface area contributed by atoms with Crippen molar-refractivity contribution >= 4 is 17.6 Å². The van der Waals surface area contributed by atoms with Crippen LogP contribution in [0.1, 0.15) is 87.7 Å². The van der Waals surface area contributed by atoms with Crippen LogP contribution in [0.5, 0.6) is 0 Å². The molecule has 42 heavy (non-hydrogen) atoms. The van der Waals surface area contributed by atoms with E-state index in [0.29, 0.717) is 11.4 Å². The maximum Gasteiger partial charge on any atom is 0.392 e. The normalized spacial score (nSPS) is 27.2. The second-order valence-electron chi connectivity index (χ2n) is 12.6. The van der Waals surface area contributed by atoms with Crippen LogP contribution in [0.3, 0.4) is 0 Å². The van der Waals surface area contributed by atoms with Gasteiger partial charge >= 0.3 is 6.18 Å². The predicted molar refractivity (Wildman–Crippen MR) is 134 cm³/mol. The van der Waals surface area contributed by atoms with Crippen LogP contribution in [-0.2, 0) is 9.59 Å². The van der Waals surface area contributed by atoms with Gasteiger partial charge in [-0.3, -0.25) is 14.0 Å². The molecular formula is C28H32F7N5O2. The number of carbonyl (C=O) groups is 2. The first kappa shape index (κ1) is 29.2. The van der Waals surface area contributed by atoms with Crippen LogP contribution in [0.2, 0.25) is 0 Å². The number of rotatable bonds is 9. The Morgan fingerprint density at radius 3 is 2.14 bits per heavy atom. The van der Waals surface area contributed by atoms with Crippen molar-refractivity contribution in [1.82, 2.24) is 25.0 Å². The third-order valence-electron chi connectivity index (χ3n) is 9.14. The van der Waals surface area contributed by atoms with Gasteiger partial charge in [-0.05, 0) is 55.9 Å². The summed E-state index contributed by atoms with van der Waals surface area (Å²) in [6, 6.07) is 0.396. The Morgan fingerprint density at radius 2 is 1.55 bits per heavy atom. The molecule has 0 aromatic carbocycles. The Bertz CT molecular complexity index is 1340. The number of imidazole rings is 1. The summed E-state index contributed by atoms with van der Waals surface area (Å²) in [4.78, 5) is 34.6. The number of fused-ring (bicyclic) bond motifs is 1. The minimum absolute atomic E-state index is 0.00653. The lowest BCUT2D eigenvalue weighted by Crippen LogP contribution is -2.39. The number of hydrogen-bond donors (Lipinski definition) is 2. The maximum absolute atomic E-state index is 13.9. The molecule has 230 valence electrons. The van der Waals surface area contributed by atoms with Gasteiger partial charge in [0.2, 0.25) is 29.4 Å². The Labute approximate surface area is 237 Å². The summed E-state index contributed by atoms with van der Waals surface area (Å²) < 4.78 is 95.1. The van der Waals surface area contributed by atoms with Crippen LogP contribution in [0.4, 0.5) is 30.7 Å². The Morgan fingerprint density at radius 1 is 0.929 bits per heavy atom. The van der Waals surface area contributed by atoms with Crippen molar-refractivity contribution < 1.29 is 40.3 Å². The summed E-state index contributed by atoms with van der Waals surface area (Å²) in [6.07, 6.45) is -1.07. The highest BCUT2D eigenvalue weighted by atomic mass is 19.4. The van der Waals surface area contributed by atoms with E-state index in [4.69, 9.17) is 0 Å². The van der Waals surface area contributed by atoms with E-state index >= 15 is 0 Å². The molecule has 4 aliphatic carbocycles. The fraction of sp³-hybridized carbons (Fsp3) is 0.714. The van der Waals surface area contributed by atoms with Crippen LogP contribution in [-0.4, -0.2) is 44.2 Å². The molecule has 0 unspecified atom stereocenters. The van der Waals surface area contributed by atoms with Crippen molar-refractivity contribution in [3.8, 4) is 0 Å². The van der Waals surface area contributed by atoms with E-state index in [9.17, 15) is 40.3 Å². The van der Waals surface area contributed by atoms with Gasteiger partial charge in [-0.15, -0.1) is 0 Å². The van der Waals surface area contributed by atoms with Gasteiger partial charge in [0.1, 0.15) is 0 Å². The number of hydrogen-bond acceptors (Lipinski definition) is 4. The van der Waals surface area contributed by atoms with E-state index in [-0.39, 0.29) is 62.0 Å². The average Bonchev–Trinajstić information content (AvgIpc) is 3.80. The van der Waals surface area contributed by atoms with Crippen LogP contribution >= 0.6 is 0 Å². The molecule has 0 aliphatic heterocycles. The first-order chi connectivity index (χ1) is 19.7. The summed E-state index contributed by atoms with van der Waals surface area (Å²) in [5.74, 6) is -10.0. The topological polar surface area (TPSA) is 88.4 Å². The molecule has 0 radical (unpaired) electrons. The lowest BCUT2D eigenvalue weighted by molar-refractivity contribution is -0.155. The Hall–Kier alpha value is -2.93. The van der Waals surface area contributed by atoms with Gasteiger partial charge in [0, 0.05) is 44.5 Å². The first-order valence-corrected chi connectivity index (χ1v) is 14.5. The summed E-state index contributed by atoms with van der Waals surface area (Å²) in [7, 11) is 0. The number of nitrogens with one attached hydrogen (secondary N) is 2. The maximum atomic E-state index is 13.9. The molecule has 4 atom stereocenters. The molecule has 2 aromatic rings.